The van der Waals surface area contributed by atoms with Crippen molar-refractivity contribution in [3.05, 3.63) is 0 Å². The Bertz CT molecular complexity index is 243. The number of carbonyl (C=O) groups is 1. The summed E-state index contributed by atoms with van der Waals surface area (Å²) in [6, 6.07) is 0. The molecule has 1 aliphatic rings. The molecular formula is C12H22O3. The van der Waals surface area contributed by atoms with Gasteiger partial charge in [0.15, 0.2) is 5.60 Å². The lowest BCUT2D eigenvalue weighted by Crippen LogP contribution is -2.43. The fourth-order valence-electron chi connectivity index (χ4n) is 2.36. The van der Waals surface area contributed by atoms with Crippen LogP contribution in [0.2, 0.25) is 0 Å². The van der Waals surface area contributed by atoms with Crippen molar-refractivity contribution in [2.45, 2.75) is 52.6 Å². The third-order valence-electron chi connectivity index (χ3n) is 3.45. The van der Waals surface area contributed by atoms with E-state index in [2.05, 4.69) is 13.8 Å². The smallest absolute Gasteiger partial charge is 0.338 e. The lowest BCUT2D eigenvalue weighted by atomic mass is 9.83. The van der Waals surface area contributed by atoms with Crippen LogP contribution in [0.4, 0.5) is 0 Å². The molecule has 0 aliphatic heterocycles. The van der Waals surface area contributed by atoms with Gasteiger partial charge in [0.1, 0.15) is 0 Å². The van der Waals surface area contributed by atoms with Crippen molar-refractivity contribution in [2.75, 3.05) is 6.61 Å². The summed E-state index contributed by atoms with van der Waals surface area (Å²) in [4.78, 5) is 11.6. The highest BCUT2D eigenvalue weighted by Gasteiger charge is 2.46. The predicted octanol–water partition coefficient (Wildman–Crippen LogP) is 2.13. The van der Waals surface area contributed by atoms with Crippen LogP contribution >= 0.6 is 0 Å². The predicted molar refractivity (Wildman–Crippen MR) is 58.4 cm³/mol. The number of hydrogen-bond donors (Lipinski definition) is 1. The molecule has 15 heavy (non-hydrogen) atoms. The summed E-state index contributed by atoms with van der Waals surface area (Å²) in [6.07, 6.45) is 2.85. The molecule has 1 aliphatic carbocycles. The van der Waals surface area contributed by atoms with E-state index in [0.717, 1.165) is 19.3 Å². The molecule has 2 unspecified atom stereocenters. The summed E-state index contributed by atoms with van der Waals surface area (Å²) in [5, 5.41) is 10.2. The third kappa shape index (κ3) is 2.71. The van der Waals surface area contributed by atoms with Crippen molar-refractivity contribution in [1.82, 2.24) is 0 Å². The lowest BCUT2D eigenvalue weighted by Gasteiger charge is -2.28. The molecule has 0 aromatic heterocycles. The maximum absolute atomic E-state index is 11.6. The number of ether oxygens (including phenoxy) is 1. The van der Waals surface area contributed by atoms with Gasteiger partial charge in [0.25, 0.3) is 0 Å². The summed E-state index contributed by atoms with van der Waals surface area (Å²) in [5.74, 6) is -0.445. The third-order valence-corrected chi connectivity index (χ3v) is 3.45. The van der Waals surface area contributed by atoms with E-state index in [1.54, 1.807) is 13.8 Å². The molecule has 88 valence electrons. The monoisotopic (exact) mass is 214 g/mol. The zero-order valence-electron chi connectivity index (χ0n) is 10.2. The minimum Gasteiger partial charge on any atom is -0.464 e. The van der Waals surface area contributed by atoms with E-state index in [0.29, 0.717) is 6.61 Å². The molecule has 1 rings (SSSR count). The van der Waals surface area contributed by atoms with Crippen LogP contribution in [0, 0.1) is 11.3 Å². The van der Waals surface area contributed by atoms with Gasteiger partial charge in [0.2, 0.25) is 0 Å². The molecule has 1 fully saturated rings. The topological polar surface area (TPSA) is 46.5 Å². The van der Waals surface area contributed by atoms with Gasteiger partial charge in [-0.15, -0.1) is 0 Å². The van der Waals surface area contributed by atoms with Crippen LogP contribution in [0.3, 0.4) is 0 Å². The Hall–Kier alpha value is -0.570. The zero-order chi connectivity index (χ0) is 11.7. The minimum absolute atomic E-state index is 0.0338. The molecular weight excluding hydrogens is 192 g/mol. The first kappa shape index (κ1) is 12.5. The van der Waals surface area contributed by atoms with E-state index >= 15 is 0 Å². The molecule has 0 spiro atoms. The average Bonchev–Trinajstić information content (AvgIpc) is 2.47. The molecule has 0 radical (unpaired) electrons. The first-order chi connectivity index (χ1) is 6.79. The van der Waals surface area contributed by atoms with E-state index in [1.807, 2.05) is 0 Å². The number of aliphatic hydroxyl groups is 1. The number of rotatable bonds is 3. The molecule has 1 N–H and O–H groups in total. The van der Waals surface area contributed by atoms with Crippen molar-refractivity contribution in [3.8, 4) is 0 Å². The van der Waals surface area contributed by atoms with Gasteiger partial charge in [0, 0.05) is 0 Å². The van der Waals surface area contributed by atoms with Gasteiger partial charge in [-0.25, -0.2) is 4.79 Å². The number of esters is 1. The van der Waals surface area contributed by atoms with Crippen molar-refractivity contribution < 1.29 is 14.6 Å². The van der Waals surface area contributed by atoms with Gasteiger partial charge in [-0.3, -0.25) is 0 Å². The van der Waals surface area contributed by atoms with E-state index < -0.39 is 11.6 Å². The van der Waals surface area contributed by atoms with Gasteiger partial charge in [-0.05, 0) is 44.4 Å². The first-order valence-electron chi connectivity index (χ1n) is 5.69. The van der Waals surface area contributed by atoms with E-state index in [4.69, 9.17) is 4.74 Å². The molecule has 0 amide bonds. The summed E-state index contributed by atoms with van der Waals surface area (Å²) >= 11 is 0. The van der Waals surface area contributed by atoms with Gasteiger partial charge in [-0.1, -0.05) is 13.8 Å². The van der Waals surface area contributed by atoms with Crippen molar-refractivity contribution >= 4 is 5.97 Å². The Morgan fingerprint density at radius 2 is 2.20 bits per heavy atom. The van der Waals surface area contributed by atoms with Gasteiger partial charge >= 0.3 is 5.97 Å². The van der Waals surface area contributed by atoms with Gasteiger partial charge in [-0.2, -0.15) is 0 Å². The van der Waals surface area contributed by atoms with Gasteiger partial charge < -0.3 is 9.84 Å². The Morgan fingerprint density at radius 1 is 1.60 bits per heavy atom. The second kappa shape index (κ2) is 4.12. The minimum atomic E-state index is -1.32. The average molecular weight is 214 g/mol. The normalized spacial score (nSPS) is 28.5. The van der Waals surface area contributed by atoms with Crippen molar-refractivity contribution in [1.29, 1.82) is 0 Å². The number of carbonyl (C=O) groups excluding carboxylic acids is 1. The summed E-state index contributed by atoms with van der Waals surface area (Å²) in [5.41, 5.74) is -1.08. The lowest BCUT2D eigenvalue weighted by molar-refractivity contribution is -0.169. The zero-order valence-corrected chi connectivity index (χ0v) is 10.2. The molecule has 0 saturated heterocycles. The highest BCUT2D eigenvalue weighted by atomic mass is 16.5. The van der Waals surface area contributed by atoms with Crippen molar-refractivity contribution in [3.63, 3.8) is 0 Å². The second-order valence-electron chi connectivity index (χ2n) is 5.47. The summed E-state index contributed by atoms with van der Waals surface area (Å²) in [6.45, 7) is 8.01. The molecule has 0 aromatic carbocycles. The Morgan fingerprint density at radius 3 is 2.60 bits per heavy atom. The highest BCUT2D eigenvalue weighted by Crippen LogP contribution is 2.45. The van der Waals surface area contributed by atoms with E-state index in [-0.39, 0.29) is 11.3 Å². The standard InChI is InChI=1S/C12H22O3/c1-5-15-10(13)12(4,14)9-6-7-11(2,3)8-9/h9,14H,5-8H2,1-4H3. The fraction of sp³-hybridized carbons (Fsp3) is 0.917. The van der Waals surface area contributed by atoms with Crippen LogP contribution in [-0.4, -0.2) is 23.3 Å². The quantitative estimate of drug-likeness (QED) is 0.732. The van der Waals surface area contributed by atoms with E-state index in [1.165, 1.54) is 0 Å². The van der Waals surface area contributed by atoms with Crippen LogP contribution in [0.1, 0.15) is 47.0 Å². The molecule has 0 bridgehead atoms. The van der Waals surface area contributed by atoms with Crippen LogP contribution < -0.4 is 0 Å². The first-order valence-corrected chi connectivity index (χ1v) is 5.69. The highest BCUT2D eigenvalue weighted by molar-refractivity contribution is 5.79. The molecule has 0 aromatic rings. The Labute approximate surface area is 91.8 Å². The largest absolute Gasteiger partial charge is 0.464 e. The van der Waals surface area contributed by atoms with Crippen LogP contribution in [0.15, 0.2) is 0 Å². The molecule has 0 heterocycles. The van der Waals surface area contributed by atoms with Gasteiger partial charge in [0.05, 0.1) is 6.61 Å². The number of hydrogen-bond acceptors (Lipinski definition) is 3. The maximum atomic E-state index is 11.6. The molecule has 1 saturated carbocycles. The fourth-order valence-corrected chi connectivity index (χ4v) is 2.36. The SMILES string of the molecule is CCOC(=O)C(C)(O)C1CCC(C)(C)C1. The van der Waals surface area contributed by atoms with Crippen LogP contribution in [0.25, 0.3) is 0 Å². The molecule has 3 heteroatoms. The molecule has 3 nitrogen and oxygen atoms in total. The molecule has 2 atom stereocenters. The van der Waals surface area contributed by atoms with Crippen molar-refractivity contribution in [2.24, 2.45) is 11.3 Å². The second-order valence-corrected chi connectivity index (χ2v) is 5.47. The Kier molecular flexibility index (Phi) is 3.44. The van der Waals surface area contributed by atoms with Crippen LogP contribution in [-0.2, 0) is 9.53 Å². The maximum Gasteiger partial charge on any atom is 0.338 e. The summed E-state index contributed by atoms with van der Waals surface area (Å²) in [7, 11) is 0. The summed E-state index contributed by atoms with van der Waals surface area (Å²) < 4.78 is 4.90. The van der Waals surface area contributed by atoms with Crippen LogP contribution in [0.5, 0.6) is 0 Å². The van der Waals surface area contributed by atoms with E-state index in [9.17, 15) is 9.90 Å². The Balaban J connectivity index is 2.66.